The van der Waals surface area contributed by atoms with E-state index in [0.717, 1.165) is 0 Å². The molecule has 2 fully saturated rings. The average Bonchev–Trinajstić information content (AvgIpc) is 2.25. The Kier molecular flexibility index (Phi) is 0.972. The van der Waals surface area contributed by atoms with Gasteiger partial charge in [-0.05, 0) is 0 Å². The molecule has 0 radical (unpaired) electrons. The number of hydrogen-bond acceptors (Lipinski definition) is 4. The van der Waals surface area contributed by atoms with E-state index in [-0.39, 0.29) is 18.9 Å². The number of cyclic esters (lactones) is 1. The van der Waals surface area contributed by atoms with Crippen LogP contribution in [0.5, 0.6) is 0 Å². The first-order chi connectivity index (χ1) is 4.36. The van der Waals surface area contributed by atoms with Gasteiger partial charge in [0.25, 0.3) is 0 Å². The summed E-state index contributed by atoms with van der Waals surface area (Å²) in [5.74, 6) is -0.302. The second-order valence-electron chi connectivity index (χ2n) is 2.02. The van der Waals surface area contributed by atoms with E-state index < -0.39 is 6.10 Å². The van der Waals surface area contributed by atoms with Crippen LogP contribution in [-0.2, 0) is 19.0 Å². The summed E-state index contributed by atoms with van der Waals surface area (Å²) >= 11 is 0. The van der Waals surface area contributed by atoms with Crippen molar-refractivity contribution in [2.24, 2.45) is 0 Å². The van der Waals surface area contributed by atoms with Gasteiger partial charge >= 0.3 is 5.97 Å². The number of esters is 1. The van der Waals surface area contributed by atoms with Crippen LogP contribution in [0.4, 0.5) is 0 Å². The Labute approximate surface area is 51.7 Å². The molecule has 0 amide bonds. The summed E-state index contributed by atoms with van der Waals surface area (Å²) in [6.45, 7) is 0.596. The number of carbonyl (C=O) groups is 1. The molecule has 2 rings (SSSR count). The number of hydrogen-bond donors (Lipinski definition) is 0. The SMILES string of the molecule is O=C1OC[C@H]2OC[C@H]1O2. The first kappa shape index (κ1) is 5.20. The zero-order chi connectivity index (χ0) is 6.27. The maximum absolute atomic E-state index is 10.6. The molecular weight excluding hydrogens is 124 g/mol. The minimum absolute atomic E-state index is 0.245. The van der Waals surface area contributed by atoms with Crippen LogP contribution in [0, 0.1) is 0 Å². The van der Waals surface area contributed by atoms with E-state index in [4.69, 9.17) is 9.47 Å². The Morgan fingerprint density at radius 3 is 3.11 bits per heavy atom. The molecule has 50 valence electrons. The number of carbonyl (C=O) groups excluding carboxylic acids is 1. The Morgan fingerprint density at radius 2 is 2.33 bits per heavy atom. The van der Waals surface area contributed by atoms with Gasteiger partial charge in [-0.25, -0.2) is 4.79 Å². The topological polar surface area (TPSA) is 44.8 Å². The third kappa shape index (κ3) is 0.710. The van der Waals surface area contributed by atoms with Crippen molar-refractivity contribution in [3.63, 3.8) is 0 Å². The van der Waals surface area contributed by atoms with Gasteiger partial charge in [0.15, 0.2) is 12.4 Å². The van der Waals surface area contributed by atoms with Crippen molar-refractivity contribution >= 4 is 5.97 Å². The molecule has 0 unspecified atom stereocenters. The van der Waals surface area contributed by atoms with Crippen molar-refractivity contribution in [3.8, 4) is 0 Å². The summed E-state index contributed by atoms with van der Waals surface area (Å²) < 4.78 is 14.7. The molecule has 2 heterocycles. The van der Waals surface area contributed by atoms with Crippen LogP contribution in [0.1, 0.15) is 0 Å². The van der Waals surface area contributed by atoms with Gasteiger partial charge in [0.1, 0.15) is 6.61 Å². The number of rotatable bonds is 0. The van der Waals surface area contributed by atoms with E-state index in [2.05, 4.69) is 4.74 Å². The van der Waals surface area contributed by atoms with Gasteiger partial charge in [0.2, 0.25) is 0 Å². The second kappa shape index (κ2) is 1.68. The van der Waals surface area contributed by atoms with Gasteiger partial charge in [-0.15, -0.1) is 0 Å². The van der Waals surface area contributed by atoms with Crippen molar-refractivity contribution in [2.45, 2.75) is 12.4 Å². The van der Waals surface area contributed by atoms with Crippen molar-refractivity contribution in [2.75, 3.05) is 13.2 Å². The van der Waals surface area contributed by atoms with Gasteiger partial charge in [-0.3, -0.25) is 0 Å². The summed E-state index contributed by atoms with van der Waals surface area (Å²) in [5.41, 5.74) is 0. The first-order valence-corrected chi connectivity index (χ1v) is 2.80. The Hall–Kier alpha value is -0.610. The van der Waals surface area contributed by atoms with Crippen molar-refractivity contribution < 1.29 is 19.0 Å². The predicted octanol–water partition coefficient (Wildman–Crippen LogP) is -0.715. The van der Waals surface area contributed by atoms with Crippen molar-refractivity contribution in [1.82, 2.24) is 0 Å². The molecule has 9 heavy (non-hydrogen) atoms. The monoisotopic (exact) mass is 130 g/mol. The van der Waals surface area contributed by atoms with Gasteiger partial charge in [0.05, 0.1) is 6.61 Å². The van der Waals surface area contributed by atoms with Crippen LogP contribution in [0.3, 0.4) is 0 Å². The van der Waals surface area contributed by atoms with Crippen molar-refractivity contribution in [1.29, 1.82) is 0 Å². The highest BCUT2D eigenvalue weighted by Crippen LogP contribution is 2.17. The van der Waals surface area contributed by atoms with Crippen LogP contribution < -0.4 is 0 Å². The van der Waals surface area contributed by atoms with E-state index in [0.29, 0.717) is 6.61 Å². The van der Waals surface area contributed by atoms with Gasteiger partial charge in [-0.1, -0.05) is 0 Å². The summed E-state index contributed by atoms with van der Waals surface area (Å²) in [6, 6.07) is 0. The lowest BCUT2D eigenvalue weighted by molar-refractivity contribution is -0.184. The fourth-order valence-corrected chi connectivity index (χ4v) is 0.911. The minimum Gasteiger partial charge on any atom is -0.458 e. The highest BCUT2D eigenvalue weighted by molar-refractivity contribution is 5.75. The lowest BCUT2D eigenvalue weighted by Crippen LogP contribution is -2.33. The summed E-state index contributed by atoms with van der Waals surface area (Å²) in [5, 5.41) is 0. The molecule has 0 spiro atoms. The average molecular weight is 130 g/mol. The minimum atomic E-state index is -0.455. The predicted molar refractivity (Wildman–Crippen MR) is 25.6 cm³/mol. The van der Waals surface area contributed by atoms with Gasteiger partial charge < -0.3 is 14.2 Å². The number of ether oxygens (including phenoxy) is 3. The van der Waals surface area contributed by atoms with E-state index in [1.807, 2.05) is 0 Å². The quantitative estimate of drug-likeness (QED) is 0.406. The highest BCUT2D eigenvalue weighted by Gasteiger charge is 2.38. The molecule has 4 heteroatoms. The van der Waals surface area contributed by atoms with E-state index >= 15 is 0 Å². The van der Waals surface area contributed by atoms with Crippen LogP contribution >= 0.6 is 0 Å². The van der Waals surface area contributed by atoms with Crippen LogP contribution in [0.15, 0.2) is 0 Å². The Morgan fingerprint density at radius 1 is 1.44 bits per heavy atom. The van der Waals surface area contributed by atoms with E-state index in [9.17, 15) is 4.79 Å². The molecule has 2 saturated heterocycles. The second-order valence-corrected chi connectivity index (χ2v) is 2.02. The fraction of sp³-hybridized carbons (Fsp3) is 0.800. The number of fused-ring (bicyclic) bond motifs is 2. The molecular formula is C5H6O4. The summed E-state index contributed by atoms with van der Waals surface area (Å²) in [7, 11) is 0. The fourth-order valence-electron chi connectivity index (χ4n) is 0.911. The molecule has 0 N–H and O–H groups in total. The Bertz CT molecular complexity index is 144. The van der Waals surface area contributed by atoms with Crippen LogP contribution in [0.2, 0.25) is 0 Å². The molecule has 4 nitrogen and oxygen atoms in total. The maximum atomic E-state index is 10.6. The van der Waals surface area contributed by atoms with E-state index in [1.165, 1.54) is 0 Å². The van der Waals surface area contributed by atoms with Crippen molar-refractivity contribution in [3.05, 3.63) is 0 Å². The zero-order valence-corrected chi connectivity index (χ0v) is 4.70. The largest absolute Gasteiger partial charge is 0.458 e. The molecule has 0 aromatic heterocycles. The van der Waals surface area contributed by atoms with Crippen LogP contribution in [0.25, 0.3) is 0 Å². The molecule has 0 saturated carbocycles. The molecule has 0 aromatic rings. The molecule has 2 aliphatic heterocycles. The third-order valence-electron chi connectivity index (χ3n) is 1.37. The maximum Gasteiger partial charge on any atom is 0.338 e. The summed E-state index contributed by atoms with van der Waals surface area (Å²) in [4.78, 5) is 10.6. The molecule has 2 aliphatic rings. The van der Waals surface area contributed by atoms with E-state index in [1.54, 1.807) is 0 Å². The zero-order valence-electron chi connectivity index (χ0n) is 4.70. The smallest absolute Gasteiger partial charge is 0.338 e. The Balaban J connectivity index is 2.14. The van der Waals surface area contributed by atoms with Gasteiger partial charge in [-0.2, -0.15) is 0 Å². The normalized spacial score (nSPS) is 40.7. The summed E-state index contributed by atoms with van der Waals surface area (Å²) in [6.07, 6.45) is -0.753. The molecule has 0 aliphatic carbocycles. The molecule has 2 atom stereocenters. The highest BCUT2D eigenvalue weighted by atomic mass is 16.8. The standard InChI is InChI=1S/C5H6O4/c6-5-3-1-7-4(9-3)2-8-5/h3-4H,1-2H2/t3-,4+/m1/s1. The lowest BCUT2D eigenvalue weighted by atomic mass is 10.4. The molecule has 0 aromatic carbocycles. The molecule has 2 bridgehead atoms. The first-order valence-electron chi connectivity index (χ1n) is 2.80. The van der Waals surface area contributed by atoms with Crippen LogP contribution in [-0.4, -0.2) is 31.6 Å². The third-order valence-corrected chi connectivity index (χ3v) is 1.37. The lowest BCUT2D eigenvalue weighted by Gasteiger charge is -2.16. The van der Waals surface area contributed by atoms with Gasteiger partial charge in [0, 0.05) is 0 Å².